The molecule has 3 atom stereocenters. The monoisotopic (exact) mass is 498 g/mol. The number of amides is 3. The highest BCUT2D eigenvalue weighted by Gasteiger charge is 2.42. The van der Waals surface area contributed by atoms with Gasteiger partial charge < -0.3 is 26.4 Å². The summed E-state index contributed by atoms with van der Waals surface area (Å²) in [6, 6.07) is 7.77. The number of hydrogen-bond donors (Lipinski definition) is 5. The van der Waals surface area contributed by atoms with Crippen molar-refractivity contribution in [3.05, 3.63) is 29.8 Å². The summed E-state index contributed by atoms with van der Waals surface area (Å²) in [5, 5.41) is 22.1. The molecule has 5 N–H and O–H groups in total. The van der Waals surface area contributed by atoms with Crippen LogP contribution in [0.5, 0.6) is 5.75 Å². The van der Waals surface area contributed by atoms with Gasteiger partial charge in [-0.15, -0.1) is 0 Å². The van der Waals surface area contributed by atoms with E-state index in [0.717, 1.165) is 62.6 Å². The van der Waals surface area contributed by atoms with E-state index < -0.39 is 0 Å². The maximum Gasteiger partial charge on any atom is 0.315 e. The van der Waals surface area contributed by atoms with E-state index in [9.17, 15) is 14.7 Å². The first-order valence-corrected chi connectivity index (χ1v) is 14.8. The smallest absolute Gasteiger partial charge is 0.315 e. The van der Waals surface area contributed by atoms with Crippen molar-refractivity contribution in [3.8, 4) is 5.75 Å². The van der Waals surface area contributed by atoms with Gasteiger partial charge in [-0.2, -0.15) is 11.8 Å². The summed E-state index contributed by atoms with van der Waals surface area (Å²) >= 11 is 1.93. The van der Waals surface area contributed by atoms with Crippen LogP contribution in [0.3, 0.4) is 0 Å². The third-order valence-corrected chi connectivity index (χ3v) is 9.52. The molecule has 0 bridgehead atoms. The summed E-state index contributed by atoms with van der Waals surface area (Å²) in [4.78, 5) is 23.4. The van der Waals surface area contributed by atoms with Crippen molar-refractivity contribution >= 4 is 45.3 Å². The minimum Gasteiger partial charge on any atom is -0.508 e. The standard InChI is InChI=1S/C22H34N4O3S3/c27-17-8-6-16(7-9-17)14-23-10-3-12-31-32-13-11-24-20(28)5-2-1-4-19-21-18(15-30-19)25-22(29)26-21/h6-9,18-19,21,23,27H,1-5,10-15H2,(H,24,28)(H2,25,26,29). The number of unbranched alkanes of at least 4 members (excludes halogenated alkanes) is 1. The van der Waals surface area contributed by atoms with Gasteiger partial charge in [-0.1, -0.05) is 40.1 Å². The first-order valence-electron chi connectivity index (χ1n) is 11.3. The zero-order valence-corrected chi connectivity index (χ0v) is 20.8. The predicted octanol–water partition coefficient (Wildman–Crippen LogP) is 3.10. The molecule has 3 rings (SSSR count). The Labute approximate surface area is 202 Å². The summed E-state index contributed by atoms with van der Waals surface area (Å²) in [6.07, 6.45) is 4.66. The average molecular weight is 499 g/mol. The normalized spacial score (nSPS) is 21.8. The molecule has 3 amide bonds. The van der Waals surface area contributed by atoms with Gasteiger partial charge in [0.25, 0.3) is 0 Å². The summed E-state index contributed by atoms with van der Waals surface area (Å²) in [5.41, 5.74) is 1.17. The van der Waals surface area contributed by atoms with Crippen molar-refractivity contribution < 1.29 is 14.7 Å². The Bertz CT molecular complexity index is 723. The van der Waals surface area contributed by atoms with Crippen LogP contribution in [-0.2, 0) is 11.3 Å². The van der Waals surface area contributed by atoms with Gasteiger partial charge in [-0.3, -0.25) is 4.79 Å². The Balaban J connectivity index is 1.08. The molecule has 0 spiro atoms. The first-order chi connectivity index (χ1) is 15.6. The van der Waals surface area contributed by atoms with Crippen LogP contribution in [0.25, 0.3) is 0 Å². The SMILES string of the molecule is O=C(CCCCC1SCC2NC(=O)NC21)NCCSSCCCNCc1ccc(O)cc1. The van der Waals surface area contributed by atoms with E-state index in [2.05, 4.69) is 21.3 Å². The quantitative estimate of drug-likeness (QED) is 0.144. The Morgan fingerprint density at radius 3 is 2.75 bits per heavy atom. The second-order valence-corrected chi connectivity index (χ2v) is 12.0. The van der Waals surface area contributed by atoms with E-state index in [1.807, 2.05) is 45.5 Å². The van der Waals surface area contributed by atoms with Crippen molar-refractivity contribution in [2.24, 2.45) is 0 Å². The number of phenolic OH excluding ortho intramolecular Hbond substituents is 1. The van der Waals surface area contributed by atoms with Crippen molar-refractivity contribution in [2.45, 2.75) is 56.0 Å². The van der Waals surface area contributed by atoms with Gasteiger partial charge in [0, 0.05) is 42.0 Å². The maximum absolute atomic E-state index is 12.0. The number of thioether (sulfide) groups is 1. The van der Waals surface area contributed by atoms with Gasteiger partial charge in [0.2, 0.25) is 5.91 Å². The zero-order valence-electron chi connectivity index (χ0n) is 18.3. The zero-order chi connectivity index (χ0) is 22.6. The lowest BCUT2D eigenvalue weighted by Gasteiger charge is -2.16. The molecule has 2 fully saturated rings. The minimum atomic E-state index is -0.0389. The molecule has 0 radical (unpaired) electrons. The fraction of sp³-hybridized carbons (Fsp3) is 0.636. The van der Waals surface area contributed by atoms with E-state index in [1.54, 1.807) is 12.1 Å². The van der Waals surface area contributed by atoms with E-state index in [4.69, 9.17) is 0 Å². The molecular weight excluding hydrogens is 464 g/mol. The lowest BCUT2D eigenvalue weighted by molar-refractivity contribution is -0.121. The molecule has 3 unspecified atom stereocenters. The highest BCUT2D eigenvalue weighted by molar-refractivity contribution is 8.76. The fourth-order valence-corrected chi connectivity index (χ4v) is 7.35. The topological polar surface area (TPSA) is 102 Å². The molecular formula is C22H34N4O3S3. The van der Waals surface area contributed by atoms with Gasteiger partial charge in [0.15, 0.2) is 0 Å². The molecule has 0 aliphatic carbocycles. The van der Waals surface area contributed by atoms with Crippen LogP contribution in [0.2, 0.25) is 0 Å². The van der Waals surface area contributed by atoms with Gasteiger partial charge in [0.05, 0.1) is 12.1 Å². The molecule has 2 heterocycles. The second kappa shape index (κ2) is 14.1. The molecule has 7 nitrogen and oxygen atoms in total. The van der Waals surface area contributed by atoms with Crippen molar-refractivity contribution in [3.63, 3.8) is 0 Å². The number of benzene rings is 1. The Morgan fingerprint density at radius 2 is 1.91 bits per heavy atom. The van der Waals surface area contributed by atoms with Crippen LogP contribution >= 0.6 is 33.3 Å². The largest absolute Gasteiger partial charge is 0.508 e. The minimum absolute atomic E-state index is 0.0389. The maximum atomic E-state index is 12.0. The van der Waals surface area contributed by atoms with Crippen LogP contribution in [-0.4, -0.2) is 64.7 Å². The molecule has 2 saturated heterocycles. The molecule has 178 valence electrons. The number of rotatable bonds is 15. The number of fused-ring (bicyclic) bond motifs is 1. The Hall–Kier alpha value is -1.23. The van der Waals surface area contributed by atoms with E-state index in [0.29, 0.717) is 17.4 Å². The molecule has 0 saturated carbocycles. The van der Waals surface area contributed by atoms with Crippen LogP contribution in [0.4, 0.5) is 4.79 Å². The number of hydrogen-bond acceptors (Lipinski definition) is 7. The average Bonchev–Trinajstić information content (AvgIpc) is 3.33. The summed E-state index contributed by atoms with van der Waals surface area (Å²) in [7, 11) is 3.66. The van der Waals surface area contributed by atoms with Gasteiger partial charge in [-0.25, -0.2) is 4.79 Å². The number of aromatic hydroxyl groups is 1. The molecule has 2 aliphatic heterocycles. The van der Waals surface area contributed by atoms with E-state index in [1.165, 1.54) is 5.56 Å². The van der Waals surface area contributed by atoms with E-state index in [-0.39, 0.29) is 24.0 Å². The van der Waals surface area contributed by atoms with Gasteiger partial charge in [-0.05, 0) is 43.5 Å². The highest BCUT2D eigenvalue weighted by Crippen LogP contribution is 2.33. The Kier molecular flexibility index (Phi) is 11.2. The van der Waals surface area contributed by atoms with Crippen LogP contribution in [0.15, 0.2) is 24.3 Å². The summed E-state index contributed by atoms with van der Waals surface area (Å²) in [5.74, 6) is 3.43. The summed E-state index contributed by atoms with van der Waals surface area (Å²) in [6.45, 7) is 2.50. The van der Waals surface area contributed by atoms with Crippen LogP contribution in [0, 0.1) is 0 Å². The highest BCUT2D eigenvalue weighted by atomic mass is 33.1. The number of phenols is 1. The third kappa shape index (κ3) is 8.96. The molecule has 2 aliphatic rings. The Morgan fingerprint density at radius 1 is 1.09 bits per heavy atom. The van der Waals surface area contributed by atoms with Crippen molar-refractivity contribution in [2.75, 3.05) is 30.3 Å². The molecule has 10 heteroatoms. The second-order valence-electron chi connectivity index (χ2n) is 8.06. The van der Waals surface area contributed by atoms with Crippen molar-refractivity contribution in [1.29, 1.82) is 0 Å². The van der Waals surface area contributed by atoms with Gasteiger partial charge >= 0.3 is 6.03 Å². The fourth-order valence-electron chi connectivity index (χ4n) is 3.82. The number of carbonyl (C=O) groups is 2. The first kappa shape index (κ1) is 25.4. The molecule has 32 heavy (non-hydrogen) atoms. The van der Waals surface area contributed by atoms with Gasteiger partial charge in [0.1, 0.15) is 5.75 Å². The van der Waals surface area contributed by atoms with E-state index >= 15 is 0 Å². The van der Waals surface area contributed by atoms with Crippen LogP contribution < -0.4 is 21.3 Å². The number of urea groups is 1. The molecule has 1 aromatic carbocycles. The predicted molar refractivity (Wildman–Crippen MR) is 136 cm³/mol. The van der Waals surface area contributed by atoms with Crippen LogP contribution in [0.1, 0.15) is 37.7 Å². The molecule has 1 aromatic rings. The lowest BCUT2D eigenvalue weighted by atomic mass is 10.0. The third-order valence-electron chi connectivity index (χ3n) is 5.52. The summed E-state index contributed by atoms with van der Waals surface area (Å²) < 4.78 is 0. The number of nitrogens with one attached hydrogen (secondary N) is 4. The van der Waals surface area contributed by atoms with Crippen molar-refractivity contribution in [1.82, 2.24) is 21.3 Å². The number of carbonyl (C=O) groups excluding carboxylic acids is 2. The molecule has 0 aromatic heterocycles. The lowest BCUT2D eigenvalue weighted by Crippen LogP contribution is -2.36.